The zero-order valence-electron chi connectivity index (χ0n) is 25.2. The van der Waals surface area contributed by atoms with Crippen LogP contribution in [0, 0.1) is 0 Å². The third-order valence-corrected chi connectivity index (χ3v) is 7.12. The lowest BCUT2D eigenvalue weighted by atomic mass is 10.1. The summed E-state index contributed by atoms with van der Waals surface area (Å²) in [5, 5.41) is 22.7. The molecule has 0 aromatic rings. The highest BCUT2D eigenvalue weighted by Crippen LogP contribution is 2.11. The molecule has 1 amide bonds. The van der Waals surface area contributed by atoms with Crippen LogP contribution in [0.25, 0.3) is 0 Å². The van der Waals surface area contributed by atoms with E-state index in [0.29, 0.717) is 6.42 Å². The van der Waals surface area contributed by atoms with Gasteiger partial charge in [0.2, 0.25) is 5.91 Å². The first-order chi connectivity index (χ1) is 18.7. The van der Waals surface area contributed by atoms with E-state index in [-0.39, 0.29) is 12.5 Å². The van der Waals surface area contributed by atoms with Crippen molar-refractivity contribution >= 4 is 5.91 Å². The molecule has 4 nitrogen and oxygen atoms in total. The summed E-state index contributed by atoms with van der Waals surface area (Å²) in [4.78, 5) is 12.2. The Morgan fingerprint density at radius 1 is 0.632 bits per heavy atom. The Bertz CT molecular complexity index is 584. The second-order valence-corrected chi connectivity index (χ2v) is 10.9. The lowest BCUT2D eigenvalue weighted by Crippen LogP contribution is -2.45. The van der Waals surface area contributed by atoms with Crippen LogP contribution in [0.4, 0.5) is 0 Å². The Kier molecular flexibility index (Phi) is 29.1. The maximum atomic E-state index is 12.2. The smallest absolute Gasteiger partial charge is 0.220 e. The average molecular weight is 534 g/mol. The summed E-state index contributed by atoms with van der Waals surface area (Å²) in [6.45, 7) is 4.24. The molecule has 0 heterocycles. The number of hydrogen-bond donors (Lipinski definition) is 3. The fourth-order valence-electron chi connectivity index (χ4n) is 4.56. The van der Waals surface area contributed by atoms with Crippen molar-refractivity contribution in [3.8, 4) is 0 Å². The molecule has 0 aliphatic heterocycles. The highest BCUT2D eigenvalue weighted by Gasteiger charge is 2.17. The van der Waals surface area contributed by atoms with Crippen molar-refractivity contribution < 1.29 is 15.0 Å². The summed E-state index contributed by atoms with van der Waals surface area (Å²) in [7, 11) is 0. The van der Waals surface area contributed by atoms with Crippen molar-refractivity contribution in [2.24, 2.45) is 0 Å². The molecule has 0 saturated heterocycles. The molecule has 0 fully saturated rings. The standard InChI is InChI=1S/C34H63NO3/c1-3-5-7-9-11-13-15-16-17-18-20-22-24-26-28-30-34(38)35-32(31-36)33(37)29-27-25-23-21-19-14-12-10-8-6-4-2/h11,13,16-17,27,29,32-33,36-37H,3-10,12,14-15,18-26,28,30-31H2,1-2H3,(H,35,38)/b13-11-,17-16-,29-27+. The van der Waals surface area contributed by atoms with Crippen molar-refractivity contribution in [1.82, 2.24) is 5.32 Å². The molecule has 0 radical (unpaired) electrons. The average Bonchev–Trinajstić information content (AvgIpc) is 2.92. The van der Waals surface area contributed by atoms with E-state index < -0.39 is 12.1 Å². The highest BCUT2D eigenvalue weighted by molar-refractivity contribution is 5.76. The van der Waals surface area contributed by atoms with Crippen LogP contribution in [0.1, 0.15) is 155 Å². The van der Waals surface area contributed by atoms with Gasteiger partial charge < -0.3 is 15.5 Å². The predicted octanol–water partition coefficient (Wildman–Crippen LogP) is 9.12. The van der Waals surface area contributed by atoms with E-state index in [0.717, 1.165) is 44.9 Å². The number of nitrogens with one attached hydrogen (secondary N) is 1. The second kappa shape index (κ2) is 30.2. The lowest BCUT2D eigenvalue weighted by molar-refractivity contribution is -0.123. The van der Waals surface area contributed by atoms with Gasteiger partial charge in [0.1, 0.15) is 0 Å². The van der Waals surface area contributed by atoms with Crippen molar-refractivity contribution in [2.45, 2.75) is 167 Å². The summed E-state index contributed by atoms with van der Waals surface area (Å²) >= 11 is 0. The third kappa shape index (κ3) is 26.2. The van der Waals surface area contributed by atoms with Crippen molar-refractivity contribution in [2.75, 3.05) is 6.61 Å². The third-order valence-electron chi connectivity index (χ3n) is 7.12. The number of unbranched alkanes of at least 4 members (excludes halogenated alkanes) is 17. The molecule has 0 aliphatic carbocycles. The number of carbonyl (C=O) groups is 1. The molecule has 0 bridgehead atoms. The maximum Gasteiger partial charge on any atom is 0.220 e. The number of carbonyl (C=O) groups excluding carboxylic acids is 1. The summed E-state index contributed by atoms with van der Waals surface area (Å²) in [5.74, 6) is -0.0823. The Morgan fingerprint density at radius 3 is 1.63 bits per heavy atom. The Labute approximate surface area is 236 Å². The van der Waals surface area contributed by atoms with Crippen LogP contribution in [0.15, 0.2) is 36.5 Å². The first-order valence-electron chi connectivity index (χ1n) is 16.2. The van der Waals surface area contributed by atoms with Crippen LogP contribution in [-0.2, 0) is 4.79 Å². The van der Waals surface area contributed by atoms with Gasteiger partial charge >= 0.3 is 0 Å². The Balaban J connectivity index is 3.71. The molecule has 0 aromatic carbocycles. The van der Waals surface area contributed by atoms with Crippen LogP contribution in [-0.4, -0.2) is 34.9 Å². The predicted molar refractivity (Wildman–Crippen MR) is 165 cm³/mol. The topological polar surface area (TPSA) is 69.6 Å². The van der Waals surface area contributed by atoms with Gasteiger partial charge in [0.25, 0.3) is 0 Å². The SMILES string of the molecule is CCCCC/C=C\C/C=C\CCCCCCCC(=O)NC(CO)C(O)/C=C/CCCCCCCCCCC. The molecule has 2 unspecified atom stereocenters. The number of aliphatic hydroxyl groups excluding tert-OH is 2. The van der Waals surface area contributed by atoms with Gasteiger partial charge in [-0.3, -0.25) is 4.79 Å². The van der Waals surface area contributed by atoms with E-state index in [2.05, 4.69) is 43.5 Å². The minimum absolute atomic E-state index is 0.0823. The Hall–Kier alpha value is -1.39. The number of hydrogen-bond acceptors (Lipinski definition) is 3. The molecule has 0 aromatic heterocycles. The summed E-state index contributed by atoms with van der Waals surface area (Å²) < 4.78 is 0. The number of amides is 1. The van der Waals surface area contributed by atoms with Crippen molar-refractivity contribution in [3.63, 3.8) is 0 Å². The highest BCUT2D eigenvalue weighted by atomic mass is 16.3. The van der Waals surface area contributed by atoms with Gasteiger partial charge in [-0.15, -0.1) is 0 Å². The van der Waals surface area contributed by atoms with Gasteiger partial charge in [-0.1, -0.05) is 134 Å². The van der Waals surface area contributed by atoms with Gasteiger partial charge in [-0.2, -0.15) is 0 Å². The van der Waals surface area contributed by atoms with Gasteiger partial charge in [0.05, 0.1) is 18.8 Å². The van der Waals surface area contributed by atoms with E-state index in [4.69, 9.17) is 0 Å². The van der Waals surface area contributed by atoms with Crippen LogP contribution in [0.5, 0.6) is 0 Å². The van der Waals surface area contributed by atoms with Crippen LogP contribution in [0.2, 0.25) is 0 Å². The normalized spacial score (nSPS) is 13.7. The Morgan fingerprint density at radius 2 is 1.08 bits per heavy atom. The maximum absolute atomic E-state index is 12.2. The number of rotatable bonds is 28. The second-order valence-electron chi connectivity index (χ2n) is 10.9. The van der Waals surface area contributed by atoms with E-state index in [1.54, 1.807) is 6.08 Å². The fraction of sp³-hybridized carbons (Fsp3) is 0.794. The molecule has 4 heteroatoms. The van der Waals surface area contributed by atoms with Gasteiger partial charge in [0.15, 0.2) is 0 Å². The van der Waals surface area contributed by atoms with E-state index in [9.17, 15) is 15.0 Å². The molecule has 3 N–H and O–H groups in total. The van der Waals surface area contributed by atoms with E-state index in [1.165, 1.54) is 89.9 Å². The summed E-state index contributed by atoms with van der Waals surface area (Å²) in [5.41, 5.74) is 0. The fourth-order valence-corrected chi connectivity index (χ4v) is 4.56. The molecule has 38 heavy (non-hydrogen) atoms. The van der Waals surface area contributed by atoms with Gasteiger partial charge in [-0.25, -0.2) is 0 Å². The largest absolute Gasteiger partial charge is 0.394 e. The van der Waals surface area contributed by atoms with Gasteiger partial charge in [0, 0.05) is 6.42 Å². The van der Waals surface area contributed by atoms with Crippen molar-refractivity contribution in [1.29, 1.82) is 0 Å². The molecule has 2 atom stereocenters. The lowest BCUT2D eigenvalue weighted by Gasteiger charge is -2.20. The van der Waals surface area contributed by atoms with E-state index >= 15 is 0 Å². The minimum atomic E-state index is -0.841. The molecule has 222 valence electrons. The minimum Gasteiger partial charge on any atom is -0.394 e. The summed E-state index contributed by atoms with van der Waals surface area (Å²) in [6, 6.07) is -0.625. The molecule has 0 saturated carbocycles. The van der Waals surface area contributed by atoms with Crippen LogP contribution in [0.3, 0.4) is 0 Å². The van der Waals surface area contributed by atoms with E-state index in [1.807, 2.05) is 6.08 Å². The molecular formula is C34H63NO3. The molecular weight excluding hydrogens is 470 g/mol. The first-order valence-corrected chi connectivity index (χ1v) is 16.2. The monoisotopic (exact) mass is 533 g/mol. The zero-order valence-corrected chi connectivity index (χ0v) is 25.2. The quantitative estimate of drug-likeness (QED) is 0.0693. The van der Waals surface area contributed by atoms with Crippen molar-refractivity contribution in [3.05, 3.63) is 36.5 Å². The van der Waals surface area contributed by atoms with Gasteiger partial charge in [-0.05, 0) is 51.4 Å². The summed E-state index contributed by atoms with van der Waals surface area (Å²) in [6.07, 6.45) is 37.8. The number of allylic oxidation sites excluding steroid dienone is 5. The number of aliphatic hydroxyl groups is 2. The first kappa shape index (κ1) is 36.6. The molecule has 0 spiro atoms. The molecule has 0 rings (SSSR count). The van der Waals surface area contributed by atoms with Crippen LogP contribution >= 0.6 is 0 Å². The van der Waals surface area contributed by atoms with Crippen LogP contribution < -0.4 is 5.32 Å². The zero-order chi connectivity index (χ0) is 27.9. The molecule has 0 aliphatic rings.